The molecule has 544 valence electrons. The molecule has 0 radical (unpaired) electrons. The molecular formula is C104H128. The summed E-state index contributed by atoms with van der Waals surface area (Å²) in [6.45, 7) is 71.3. The molecule has 16 aromatic rings. The van der Waals surface area contributed by atoms with Gasteiger partial charge in [-0.05, 0) is 241 Å². The molecule has 0 spiro atoms. The van der Waals surface area contributed by atoms with Crippen molar-refractivity contribution >= 4 is 129 Å². The van der Waals surface area contributed by atoms with Crippen molar-refractivity contribution in [2.45, 2.75) is 265 Å². The van der Waals surface area contributed by atoms with Gasteiger partial charge in [0.25, 0.3) is 0 Å². The Morgan fingerprint density at radius 2 is 0.327 bits per heavy atom. The van der Waals surface area contributed by atoms with Crippen molar-refractivity contribution in [3.05, 3.63) is 239 Å². The highest BCUT2D eigenvalue weighted by atomic mass is 14.3. The van der Waals surface area contributed by atoms with Gasteiger partial charge in [-0.3, -0.25) is 0 Å². The first-order chi connectivity index (χ1) is 48.7. The SMILES string of the molecule is CC.CC.CC.CC.CC(C)(C)c1cc2ccc3cc(C(C)(C)C)cc4ccc(c1)c2c34.CC(C)(C)c1cc2cccc3c(C(C)(C)C)cc4cccc1c4c23.CC(C)(C)c1cc2cccc3cc(C(C)(C)C)c4cccc1c4c23.CC(C)(C)c1ccc2ccc3c(C(C)(C)C)ccc4ccc1c2c43. The Bertz CT molecular complexity index is 5200. The van der Waals surface area contributed by atoms with Gasteiger partial charge < -0.3 is 0 Å². The molecule has 0 heteroatoms. The molecular weight excluding hydrogens is 1250 g/mol. The standard InChI is InChI=1S/4C24H26.4C2H6/c1-23(2,3)19-13-9-15-8-12-18-20(24(4,5)6)14-10-16-7-11-17(19)21(15)22(16)18;1-23(2,3)19-13-15-9-8-12-18-20(24(4,5)6)14-16-10-7-11-17(19)21(16)22(15)18;1-23(2,3)19-11-15-7-9-17-13-20(24(4,5)6)14-18-10-8-16(12-19)21(15)22(17)18;1-23(2,3)19-13-15-9-7-10-16-14-20(24(4,5)6)18-12-8-11-17(19)22(18)21(15)16;4*1-2/h4*7-14H,1-6H3;4*1-2H3. The van der Waals surface area contributed by atoms with Gasteiger partial charge in [-0.15, -0.1) is 0 Å². The predicted octanol–water partition coefficient (Wildman–Crippen LogP) is 32.8. The van der Waals surface area contributed by atoms with E-state index in [1.165, 1.54) is 174 Å². The maximum absolute atomic E-state index is 2.41. The molecule has 0 fully saturated rings. The molecule has 0 aliphatic rings. The van der Waals surface area contributed by atoms with Crippen molar-refractivity contribution in [1.29, 1.82) is 0 Å². The summed E-state index contributed by atoms with van der Waals surface area (Å²) >= 11 is 0. The Morgan fingerprint density at radius 3 is 0.587 bits per heavy atom. The summed E-state index contributed by atoms with van der Waals surface area (Å²) in [5.74, 6) is 0. The molecule has 0 bridgehead atoms. The molecule has 0 aliphatic carbocycles. The fraction of sp³-hybridized carbons (Fsp3) is 0.385. The van der Waals surface area contributed by atoms with E-state index in [2.05, 4.69) is 360 Å². The summed E-state index contributed by atoms with van der Waals surface area (Å²) in [6, 6.07) is 73.9. The minimum atomic E-state index is 0.131. The molecule has 0 atom stereocenters. The molecule has 0 N–H and O–H groups in total. The van der Waals surface area contributed by atoms with Gasteiger partial charge >= 0.3 is 0 Å². The van der Waals surface area contributed by atoms with Gasteiger partial charge in [-0.25, -0.2) is 0 Å². The van der Waals surface area contributed by atoms with Gasteiger partial charge in [-0.2, -0.15) is 0 Å². The first kappa shape index (κ1) is 79.8. The normalized spacial score (nSPS) is 12.6. The third-order valence-corrected chi connectivity index (χ3v) is 21.0. The van der Waals surface area contributed by atoms with Gasteiger partial charge in [0, 0.05) is 0 Å². The summed E-state index contributed by atoms with van der Waals surface area (Å²) in [5, 5.41) is 33.5. The van der Waals surface area contributed by atoms with Crippen molar-refractivity contribution in [3.8, 4) is 0 Å². The smallest absolute Gasteiger partial charge is 0.00208 e. The van der Waals surface area contributed by atoms with E-state index in [-0.39, 0.29) is 43.3 Å². The lowest BCUT2D eigenvalue weighted by atomic mass is 9.77. The number of hydrogen-bond donors (Lipinski definition) is 0. The van der Waals surface area contributed by atoms with E-state index < -0.39 is 0 Å². The maximum atomic E-state index is 2.41. The Hall–Kier alpha value is -8.32. The van der Waals surface area contributed by atoms with Crippen LogP contribution in [-0.4, -0.2) is 0 Å². The first-order valence-electron chi connectivity index (χ1n) is 39.6. The second-order valence-corrected chi connectivity index (χ2v) is 36.7. The fourth-order valence-corrected chi connectivity index (χ4v) is 16.0. The molecule has 104 heavy (non-hydrogen) atoms. The highest BCUT2D eigenvalue weighted by Crippen LogP contribution is 2.48. The van der Waals surface area contributed by atoms with Crippen LogP contribution in [0.15, 0.2) is 194 Å². The van der Waals surface area contributed by atoms with Crippen LogP contribution in [0.5, 0.6) is 0 Å². The van der Waals surface area contributed by atoms with E-state index in [0.717, 1.165) is 0 Å². The molecule has 0 unspecified atom stereocenters. The summed E-state index contributed by atoms with van der Waals surface area (Å²) in [7, 11) is 0. The van der Waals surface area contributed by atoms with Gasteiger partial charge in [0.1, 0.15) is 0 Å². The monoisotopic (exact) mass is 1380 g/mol. The fourth-order valence-electron chi connectivity index (χ4n) is 16.0. The number of rotatable bonds is 0. The Kier molecular flexibility index (Phi) is 22.7. The van der Waals surface area contributed by atoms with E-state index in [0.29, 0.717) is 0 Å². The van der Waals surface area contributed by atoms with E-state index in [9.17, 15) is 0 Å². The van der Waals surface area contributed by atoms with Crippen LogP contribution >= 0.6 is 0 Å². The quantitative estimate of drug-likeness (QED) is 0.133. The lowest BCUT2D eigenvalue weighted by Crippen LogP contribution is -2.14. The van der Waals surface area contributed by atoms with Crippen LogP contribution in [0.4, 0.5) is 0 Å². The minimum absolute atomic E-state index is 0.131. The van der Waals surface area contributed by atoms with Crippen LogP contribution in [0.3, 0.4) is 0 Å². The van der Waals surface area contributed by atoms with Crippen LogP contribution in [0, 0.1) is 0 Å². The van der Waals surface area contributed by atoms with Crippen molar-refractivity contribution in [2.75, 3.05) is 0 Å². The molecule has 0 saturated carbocycles. The lowest BCUT2D eigenvalue weighted by molar-refractivity contribution is 0.591. The summed E-state index contributed by atoms with van der Waals surface area (Å²) in [6.07, 6.45) is 0. The molecule has 0 nitrogen and oxygen atoms in total. The van der Waals surface area contributed by atoms with Crippen molar-refractivity contribution in [3.63, 3.8) is 0 Å². The summed E-state index contributed by atoms with van der Waals surface area (Å²) < 4.78 is 0. The van der Waals surface area contributed by atoms with Crippen LogP contribution < -0.4 is 0 Å². The van der Waals surface area contributed by atoms with Crippen LogP contribution in [-0.2, 0) is 43.3 Å². The minimum Gasteiger partial charge on any atom is -0.0683 e. The Morgan fingerprint density at radius 1 is 0.144 bits per heavy atom. The summed E-state index contributed by atoms with van der Waals surface area (Å²) in [4.78, 5) is 0. The molecule has 0 amide bonds. The second-order valence-electron chi connectivity index (χ2n) is 36.7. The highest BCUT2D eigenvalue weighted by molar-refractivity contribution is 6.28. The van der Waals surface area contributed by atoms with Gasteiger partial charge in [0.05, 0.1) is 0 Å². The third kappa shape index (κ3) is 15.3. The molecule has 0 aliphatic heterocycles. The average Bonchev–Trinajstić information content (AvgIpc) is 0.750. The van der Waals surface area contributed by atoms with Crippen molar-refractivity contribution < 1.29 is 0 Å². The van der Waals surface area contributed by atoms with Gasteiger partial charge in [0.15, 0.2) is 0 Å². The van der Waals surface area contributed by atoms with Crippen LogP contribution in [0.2, 0.25) is 0 Å². The van der Waals surface area contributed by atoms with E-state index >= 15 is 0 Å². The summed E-state index contributed by atoms with van der Waals surface area (Å²) in [5.41, 5.74) is 12.6. The third-order valence-electron chi connectivity index (χ3n) is 21.0. The molecule has 0 saturated heterocycles. The second kappa shape index (κ2) is 29.6. The van der Waals surface area contributed by atoms with Crippen molar-refractivity contribution in [1.82, 2.24) is 0 Å². The van der Waals surface area contributed by atoms with Crippen LogP contribution in [0.25, 0.3) is 129 Å². The Labute approximate surface area is 628 Å². The Balaban J connectivity index is 0.000000156. The highest BCUT2D eigenvalue weighted by Gasteiger charge is 2.29. The number of benzene rings is 16. The zero-order chi connectivity index (χ0) is 77.1. The van der Waals surface area contributed by atoms with Gasteiger partial charge in [-0.1, -0.05) is 391 Å². The van der Waals surface area contributed by atoms with Gasteiger partial charge in [0.2, 0.25) is 0 Å². The molecule has 0 heterocycles. The van der Waals surface area contributed by atoms with E-state index in [4.69, 9.17) is 0 Å². The van der Waals surface area contributed by atoms with E-state index in [1.54, 1.807) is 0 Å². The molecule has 16 aromatic carbocycles. The lowest BCUT2D eigenvalue weighted by Gasteiger charge is -2.27. The first-order valence-corrected chi connectivity index (χ1v) is 39.6. The number of hydrogen-bond acceptors (Lipinski definition) is 0. The predicted molar refractivity (Wildman–Crippen MR) is 476 cm³/mol. The van der Waals surface area contributed by atoms with Crippen molar-refractivity contribution in [2.24, 2.45) is 0 Å². The van der Waals surface area contributed by atoms with E-state index in [1.807, 2.05) is 55.4 Å². The van der Waals surface area contributed by atoms with Crippen LogP contribution in [0.1, 0.15) is 266 Å². The zero-order valence-electron chi connectivity index (χ0n) is 70.5. The molecule has 0 aromatic heterocycles. The average molecular weight is 1380 g/mol. The zero-order valence-corrected chi connectivity index (χ0v) is 70.5. The largest absolute Gasteiger partial charge is 0.0683 e. The molecule has 16 rings (SSSR count). The maximum Gasteiger partial charge on any atom is -0.00208 e. The topological polar surface area (TPSA) is 0 Å².